The molecule has 2 N–H and O–H groups in total. The number of thiazole rings is 1. The van der Waals surface area contributed by atoms with E-state index in [-0.39, 0.29) is 11.9 Å². The Morgan fingerprint density at radius 1 is 1.11 bits per heavy atom. The van der Waals surface area contributed by atoms with Gasteiger partial charge in [0.25, 0.3) is 0 Å². The van der Waals surface area contributed by atoms with Gasteiger partial charge in [0, 0.05) is 29.8 Å². The summed E-state index contributed by atoms with van der Waals surface area (Å²) in [7, 11) is 0. The zero-order valence-corrected chi connectivity index (χ0v) is 16.9. The molecule has 2 aromatic carbocycles. The number of rotatable bonds is 5. The van der Waals surface area contributed by atoms with E-state index < -0.39 is 0 Å². The highest BCUT2D eigenvalue weighted by atomic mass is 32.1. The van der Waals surface area contributed by atoms with Crippen molar-refractivity contribution in [2.24, 2.45) is 0 Å². The van der Waals surface area contributed by atoms with Gasteiger partial charge in [-0.3, -0.25) is 9.69 Å². The lowest BCUT2D eigenvalue weighted by molar-refractivity contribution is -0.121. The first-order valence-corrected chi connectivity index (χ1v) is 10.4. The van der Waals surface area contributed by atoms with Crippen LogP contribution in [0.25, 0.3) is 0 Å². The largest absolute Gasteiger partial charge is 0.332 e. The van der Waals surface area contributed by atoms with Crippen LogP contribution in [0.5, 0.6) is 0 Å². The van der Waals surface area contributed by atoms with Gasteiger partial charge in [-0.05, 0) is 55.7 Å². The topological polar surface area (TPSA) is 57.3 Å². The van der Waals surface area contributed by atoms with Crippen LogP contribution in [0.1, 0.15) is 23.7 Å². The molecule has 0 fully saturated rings. The Labute approximate surface area is 169 Å². The number of aromatic nitrogens is 1. The Hall–Kier alpha value is -2.70. The normalized spacial score (nSPS) is 14.9. The highest BCUT2D eigenvalue weighted by molar-refractivity contribution is 7.13. The minimum atomic E-state index is -0.176. The van der Waals surface area contributed by atoms with Gasteiger partial charge in [-0.2, -0.15) is 0 Å². The van der Waals surface area contributed by atoms with E-state index in [1.54, 1.807) is 11.3 Å². The summed E-state index contributed by atoms with van der Waals surface area (Å²) in [6.07, 6.45) is 0.990. The van der Waals surface area contributed by atoms with E-state index in [1.165, 1.54) is 11.1 Å². The fraction of sp³-hybridized carbons (Fsp3) is 0.273. The Kier molecular flexibility index (Phi) is 5.41. The molecule has 0 bridgehead atoms. The molecule has 0 aliphatic carbocycles. The molecule has 5 nitrogen and oxygen atoms in total. The maximum Gasteiger partial charge on any atom is 0.241 e. The zero-order valence-electron chi connectivity index (χ0n) is 16.1. The first-order valence-electron chi connectivity index (χ1n) is 9.49. The molecule has 1 aliphatic rings. The fourth-order valence-corrected chi connectivity index (χ4v) is 4.14. The number of hydrogen-bond acceptors (Lipinski definition) is 5. The lowest BCUT2D eigenvalue weighted by Crippen LogP contribution is -2.44. The first-order chi connectivity index (χ1) is 13.6. The average Bonchev–Trinajstić information content (AvgIpc) is 3.13. The highest BCUT2D eigenvalue weighted by Gasteiger charge is 2.25. The molecule has 4 rings (SSSR count). The van der Waals surface area contributed by atoms with Crippen molar-refractivity contribution in [2.45, 2.75) is 32.9 Å². The molecular weight excluding hydrogens is 368 g/mol. The summed E-state index contributed by atoms with van der Waals surface area (Å²) in [4.78, 5) is 19.4. The highest BCUT2D eigenvalue weighted by Crippen LogP contribution is 2.23. The van der Waals surface area contributed by atoms with Crippen LogP contribution in [0.3, 0.4) is 0 Å². The minimum Gasteiger partial charge on any atom is -0.332 e. The van der Waals surface area contributed by atoms with Crippen molar-refractivity contribution < 1.29 is 4.79 Å². The van der Waals surface area contributed by atoms with Crippen LogP contribution in [-0.2, 0) is 17.8 Å². The van der Waals surface area contributed by atoms with Gasteiger partial charge in [-0.25, -0.2) is 4.98 Å². The molecule has 28 heavy (non-hydrogen) atoms. The Bertz CT molecular complexity index is 967. The molecule has 0 saturated heterocycles. The molecule has 6 heteroatoms. The van der Waals surface area contributed by atoms with Gasteiger partial charge in [0.05, 0.1) is 11.7 Å². The van der Waals surface area contributed by atoms with Gasteiger partial charge in [-0.1, -0.05) is 24.3 Å². The molecule has 0 radical (unpaired) electrons. The van der Waals surface area contributed by atoms with Crippen LogP contribution >= 0.6 is 11.3 Å². The SMILES string of the molecule is Cc1csc(Nc2ccc(NC(=O)C(C)N3CCc4ccccc4C3)cc2)n1. The van der Waals surface area contributed by atoms with E-state index >= 15 is 0 Å². The molecule has 3 aromatic rings. The molecule has 2 heterocycles. The summed E-state index contributed by atoms with van der Waals surface area (Å²) >= 11 is 1.58. The monoisotopic (exact) mass is 392 g/mol. The summed E-state index contributed by atoms with van der Waals surface area (Å²) in [5.41, 5.74) is 5.47. The van der Waals surface area contributed by atoms with E-state index in [4.69, 9.17) is 0 Å². The van der Waals surface area contributed by atoms with Crippen molar-refractivity contribution >= 4 is 33.8 Å². The van der Waals surface area contributed by atoms with Crippen LogP contribution in [0.2, 0.25) is 0 Å². The molecule has 1 unspecified atom stereocenters. The van der Waals surface area contributed by atoms with Gasteiger partial charge in [0.15, 0.2) is 5.13 Å². The third kappa shape index (κ3) is 4.24. The van der Waals surface area contributed by atoms with Crippen LogP contribution in [0.15, 0.2) is 53.9 Å². The van der Waals surface area contributed by atoms with Gasteiger partial charge >= 0.3 is 0 Å². The quantitative estimate of drug-likeness (QED) is 0.667. The maximum absolute atomic E-state index is 12.7. The molecule has 0 spiro atoms. The number of carbonyl (C=O) groups is 1. The summed E-state index contributed by atoms with van der Waals surface area (Å²) < 4.78 is 0. The summed E-state index contributed by atoms with van der Waals surface area (Å²) in [5.74, 6) is 0.0237. The van der Waals surface area contributed by atoms with Crippen LogP contribution in [0, 0.1) is 6.92 Å². The van der Waals surface area contributed by atoms with Crippen molar-refractivity contribution in [1.29, 1.82) is 0 Å². The van der Waals surface area contributed by atoms with Crippen LogP contribution in [-0.4, -0.2) is 28.4 Å². The predicted octanol–water partition coefficient (Wildman–Crippen LogP) is 4.58. The van der Waals surface area contributed by atoms with Gasteiger partial charge in [-0.15, -0.1) is 11.3 Å². The minimum absolute atomic E-state index is 0.0237. The Balaban J connectivity index is 1.35. The molecule has 1 atom stereocenters. The van der Waals surface area contributed by atoms with Crippen LogP contribution < -0.4 is 10.6 Å². The second-order valence-corrected chi connectivity index (χ2v) is 8.01. The van der Waals surface area contributed by atoms with Crippen molar-refractivity contribution in [3.8, 4) is 0 Å². The third-order valence-corrected chi connectivity index (χ3v) is 5.99. The van der Waals surface area contributed by atoms with Gasteiger partial charge < -0.3 is 10.6 Å². The molecule has 144 valence electrons. The van der Waals surface area contributed by atoms with Gasteiger partial charge in [0.2, 0.25) is 5.91 Å². The summed E-state index contributed by atoms with van der Waals surface area (Å²) in [6, 6.07) is 16.0. The van der Waals surface area contributed by atoms with E-state index in [2.05, 4.69) is 44.8 Å². The van der Waals surface area contributed by atoms with Crippen molar-refractivity contribution in [3.05, 3.63) is 70.7 Å². The predicted molar refractivity (Wildman–Crippen MR) is 115 cm³/mol. The molecule has 1 aromatic heterocycles. The number of nitrogens with zero attached hydrogens (tertiary/aromatic N) is 2. The van der Waals surface area contributed by atoms with Crippen LogP contribution in [0.4, 0.5) is 16.5 Å². The van der Waals surface area contributed by atoms with E-state index in [9.17, 15) is 4.79 Å². The lowest BCUT2D eigenvalue weighted by atomic mass is 9.99. The van der Waals surface area contributed by atoms with Crippen molar-refractivity contribution in [2.75, 3.05) is 17.2 Å². The van der Waals surface area contributed by atoms with Gasteiger partial charge in [0.1, 0.15) is 0 Å². The second-order valence-electron chi connectivity index (χ2n) is 7.15. The van der Waals surface area contributed by atoms with E-state index in [1.807, 2.05) is 43.5 Å². The number of anilines is 3. The number of aryl methyl sites for hydroxylation is 1. The average molecular weight is 393 g/mol. The van der Waals surface area contributed by atoms with E-state index in [0.29, 0.717) is 0 Å². The maximum atomic E-state index is 12.7. The molecule has 1 amide bonds. The summed E-state index contributed by atoms with van der Waals surface area (Å²) in [6.45, 7) is 5.68. The lowest BCUT2D eigenvalue weighted by Gasteiger charge is -2.32. The zero-order chi connectivity index (χ0) is 19.5. The number of fused-ring (bicyclic) bond motifs is 1. The standard InChI is InChI=1S/C22H24N4OS/c1-15-14-28-22(23-15)25-20-9-7-19(8-10-20)24-21(27)16(2)26-12-11-17-5-3-4-6-18(17)13-26/h3-10,14,16H,11-13H2,1-2H3,(H,23,25)(H,24,27). The number of carbonyl (C=O) groups excluding carboxylic acids is 1. The fourth-order valence-electron chi connectivity index (χ4n) is 3.43. The Morgan fingerprint density at radius 2 is 1.82 bits per heavy atom. The number of amides is 1. The molecule has 0 saturated carbocycles. The first kappa shape index (κ1) is 18.7. The van der Waals surface area contributed by atoms with Crippen molar-refractivity contribution in [3.63, 3.8) is 0 Å². The Morgan fingerprint density at radius 3 is 2.54 bits per heavy atom. The smallest absolute Gasteiger partial charge is 0.241 e. The molecule has 1 aliphatic heterocycles. The second kappa shape index (κ2) is 8.12. The molecular formula is C22H24N4OS. The van der Waals surface area contributed by atoms with Crippen molar-refractivity contribution in [1.82, 2.24) is 9.88 Å². The number of hydrogen-bond donors (Lipinski definition) is 2. The number of nitrogens with one attached hydrogen (secondary N) is 2. The summed E-state index contributed by atoms with van der Waals surface area (Å²) in [5, 5.41) is 9.19. The van der Waals surface area contributed by atoms with E-state index in [0.717, 1.165) is 41.7 Å². The third-order valence-electron chi connectivity index (χ3n) is 5.11. The number of benzene rings is 2.